The van der Waals surface area contributed by atoms with Gasteiger partial charge in [-0.3, -0.25) is 4.99 Å². The Kier molecular flexibility index (Phi) is 5.04. The maximum absolute atomic E-state index is 10.2. The number of oxazole rings is 1. The van der Waals surface area contributed by atoms with E-state index in [0.717, 1.165) is 9.99 Å². The molecule has 1 heterocycles. The van der Waals surface area contributed by atoms with Crippen molar-refractivity contribution in [1.82, 2.24) is 4.98 Å². The summed E-state index contributed by atoms with van der Waals surface area (Å²) in [6, 6.07) is 16.4. The van der Waals surface area contributed by atoms with Gasteiger partial charge in [0.25, 0.3) is 0 Å². The zero-order valence-electron chi connectivity index (χ0n) is 13.7. The number of hydrogen-bond donors (Lipinski definition) is 1. The van der Waals surface area contributed by atoms with E-state index in [-0.39, 0.29) is 5.75 Å². The number of phenols is 1. The molecule has 1 N–H and O–H groups in total. The molecule has 134 valence electrons. The summed E-state index contributed by atoms with van der Waals surface area (Å²) in [5.41, 5.74) is 3.35. The number of aromatic hydroxyl groups is 1. The van der Waals surface area contributed by atoms with Gasteiger partial charge in [0.15, 0.2) is 5.58 Å². The Morgan fingerprint density at radius 2 is 1.89 bits per heavy atom. The second kappa shape index (κ2) is 7.46. The van der Waals surface area contributed by atoms with Gasteiger partial charge >= 0.3 is 0 Å². The molecule has 7 heteroatoms. The van der Waals surface area contributed by atoms with Crippen LogP contribution >= 0.6 is 43.5 Å². The first-order valence-corrected chi connectivity index (χ1v) is 9.85. The Morgan fingerprint density at radius 3 is 2.70 bits per heavy atom. The van der Waals surface area contributed by atoms with Crippen LogP contribution in [-0.4, -0.2) is 16.3 Å². The SMILES string of the molecule is Oc1c(Br)cc(Br)cc1C=Nc1ccc(Cl)c(-c2nc3ccccc3o2)c1. The normalized spacial score (nSPS) is 11.5. The lowest BCUT2D eigenvalue weighted by atomic mass is 10.2. The lowest BCUT2D eigenvalue weighted by Crippen LogP contribution is -1.85. The van der Waals surface area contributed by atoms with Crippen LogP contribution in [0.1, 0.15) is 5.56 Å². The molecule has 0 fully saturated rings. The van der Waals surface area contributed by atoms with Crippen molar-refractivity contribution in [3.8, 4) is 17.2 Å². The van der Waals surface area contributed by atoms with Crippen molar-refractivity contribution in [1.29, 1.82) is 0 Å². The van der Waals surface area contributed by atoms with E-state index in [4.69, 9.17) is 16.0 Å². The van der Waals surface area contributed by atoms with Gasteiger partial charge in [-0.2, -0.15) is 0 Å². The van der Waals surface area contributed by atoms with Crippen LogP contribution in [0.2, 0.25) is 5.02 Å². The van der Waals surface area contributed by atoms with E-state index >= 15 is 0 Å². The Labute approximate surface area is 176 Å². The number of para-hydroxylation sites is 2. The summed E-state index contributed by atoms with van der Waals surface area (Å²) in [4.78, 5) is 8.93. The number of benzene rings is 3. The summed E-state index contributed by atoms with van der Waals surface area (Å²) in [6.07, 6.45) is 1.59. The molecule has 0 amide bonds. The summed E-state index contributed by atoms with van der Waals surface area (Å²) < 4.78 is 7.22. The summed E-state index contributed by atoms with van der Waals surface area (Å²) in [5.74, 6) is 0.557. The number of rotatable bonds is 3. The number of nitrogens with zero attached hydrogens (tertiary/aromatic N) is 2. The number of phenolic OH excluding ortho intramolecular Hbond substituents is 1. The molecule has 4 nitrogen and oxygen atoms in total. The molecule has 0 aliphatic heterocycles. The highest BCUT2D eigenvalue weighted by atomic mass is 79.9. The molecular formula is C20H11Br2ClN2O2. The van der Waals surface area contributed by atoms with Crippen molar-refractivity contribution in [2.24, 2.45) is 4.99 Å². The van der Waals surface area contributed by atoms with Crippen molar-refractivity contribution >= 4 is 66.5 Å². The van der Waals surface area contributed by atoms with E-state index < -0.39 is 0 Å². The van der Waals surface area contributed by atoms with Crippen molar-refractivity contribution in [3.05, 3.63) is 74.1 Å². The van der Waals surface area contributed by atoms with Gasteiger partial charge in [0.05, 0.1) is 20.7 Å². The first kappa shape index (κ1) is 18.2. The Morgan fingerprint density at radius 1 is 1.07 bits per heavy atom. The number of aliphatic imine (C=N–C) groups is 1. The molecule has 0 radical (unpaired) electrons. The predicted octanol–water partition coefficient (Wildman–Crippen LogP) is 7.13. The standard InChI is InChI=1S/C20H11Br2ClN2O2/c21-12-7-11(19(26)15(22)8-12)10-24-13-5-6-16(23)14(9-13)20-25-17-3-1-2-4-18(17)27-20/h1-10,26H. The third-order valence-corrected chi connectivity index (χ3v) is 5.28. The first-order chi connectivity index (χ1) is 13.0. The van der Waals surface area contributed by atoms with Gasteiger partial charge in [-0.25, -0.2) is 4.98 Å². The molecule has 4 rings (SSSR count). The van der Waals surface area contributed by atoms with Gasteiger partial charge in [0.2, 0.25) is 5.89 Å². The minimum atomic E-state index is 0.120. The van der Waals surface area contributed by atoms with Gasteiger partial charge in [-0.15, -0.1) is 0 Å². The second-order valence-corrected chi connectivity index (χ2v) is 7.91. The summed E-state index contributed by atoms with van der Waals surface area (Å²) in [6.45, 7) is 0. The third-order valence-electron chi connectivity index (χ3n) is 3.88. The zero-order chi connectivity index (χ0) is 19.0. The van der Waals surface area contributed by atoms with Crippen LogP contribution in [0.5, 0.6) is 5.75 Å². The number of aromatic nitrogens is 1. The molecule has 3 aromatic carbocycles. The highest BCUT2D eigenvalue weighted by molar-refractivity contribution is 9.11. The fourth-order valence-corrected chi connectivity index (χ4v) is 4.03. The van der Waals surface area contributed by atoms with Crippen LogP contribution in [0.15, 0.2) is 73.0 Å². The highest BCUT2D eigenvalue weighted by Gasteiger charge is 2.12. The van der Waals surface area contributed by atoms with Gasteiger partial charge in [-0.1, -0.05) is 39.7 Å². The molecule has 1 aromatic heterocycles. The summed E-state index contributed by atoms with van der Waals surface area (Å²) >= 11 is 13.1. The van der Waals surface area contributed by atoms with E-state index in [1.807, 2.05) is 24.3 Å². The van der Waals surface area contributed by atoms with Crippen molar-refractivity contribution in [2.45, 2.75) is 0 Å². The van der Waals surface area contributed by atoms with E-state index in [1.165, 1.54) is 0 Å². The molecule has 0 unspecified atom stereocenters. The van der Waals surface area contributed by atoms with Crippen LogP contribution < -0.4 is 0 Å². The van der Waals surface area contributed by atoms with Crippen LogP contribution in [0.3, 0.4) is 0 Å². The number of hydrogen-bond acceptors (Lipinski definition) is 4. The van der Waals surface area contributed by atoms with Gasteiger partial charge in [0.1, 0.15) is 11.3 Å². The van der Waals surface area contributed by atoms with Crippen LogP contribution in [-0.2, 0) is 0 Å². The molecule has 0 bridgehead atoms. The predicted molar refractivity (Wildman–Crippen MR) is 115 cm³/mol. The average Bonchev–Trinajstić information content (AvgIpc) is 3.08. The molecule has 0 saturated carbocycles. The molecular weight excluding hydrogens is 495 g/mol. The summed E-state index contributed by atoms with van der Waals surface area (Å²) in [7, 11) is 0. The average molecular weight is 507 g/mol. The molecule has 0 aliphatic rings. The third kappa shape index (κ3) is 3.78. The zero-order valence-corrected chi connectivity index (χ0v) is 17.6. The molecule has 0 saturated heterocycles. The van der Waals surface area contributed by atoms with Gasteiger partial charge in [0, 0.05) is 16.3 Å². The lowest BCUT2D eigenvalue weighted by molar-refractivity contribution is 0.471. The smallest absolute Gasteiger partial charge is 0.228 e. The molecule has 27 heavy (non-hydrogen) atoms. The highest BCUT2D eigenvalue weighted by Crippen LogP contribution is 2.34. The van der Waals surface area contributed by atoms with Crippen molar-refractivity contribution in [3.63, 3.8) is 0 Å². The lowest BCUT2D eigenvalue weighted by Gasteiger charge is -2.04. The molecule has 0 aliphatic carbocycles. The minimum Gasteiger partial charge on any atom is -0.506 e. The van der Waals surface area contributed by atoms with Crippen LogP contribution in [0.25, 0.3) is 22.6 Å². The van der Waals surface area contributed by atoms with Crippen LogP contribution in [0.4, 0.5) is 5.69 Å². The van der Waals surface area contributed by atoms with E-state index in [2.05, 4.69) is 41.8 Å². The van der Waals surface area contributed by atoms with Crippen molar-refractivity contribution < 1.29 is 9.52 Å². The Bertz CT molecular complexity index is 1160. The largest absolute Gasteiger partial charge is 0.506 e. The molecule has 0 spiro atoms. The van der Waals surface area contributed by atoms with Crippen LogP contribution in [0, 0.1) is 0 Å². The number of halogens is 3. The minimum absolute atomic E-state index is 0.120. The Hall–Kier alpha value is -2.15. The second-order valence-electron chi connectivity index (χ2n) is 5.73. The number of fused-ring (bicyclic) bond motifs is 1. The fourth-order valence-electron chi connectivity index (χ4n) is 2.57. The van der Waals surface area contributed by atoms with E-state index in [1.54, 1.807) is 36.5 Å². The quantitative estimate of drug-likeness (QED) is 0.301. The van der Waals surface area contributed by atoms with E-state index in [9.17, 15) is 5.11 Å². The monoisotopic (exact) mass is 504 g/mol. The Balaban J connectivity index is 1.72. The molecule has 0 atom stereocenters. The van der Waals surface area contributed by atoms with Crippen molar-refractivity contribution in [2.75, 3.05) is 0 Å². The molecule has 4 aromatic rings. The van der Waals surface area contributed by atoms with E-state index in [0.29, 0.717) is 37.8 Å². The van der Waals surface area contributed by atoms with Gasteiger partial charge < -0.3 is 9.52 Å². The first-order valence-electron chi connectivity index (χ1n) is 7.89. The fraction of sp³-hybridized carbons (Fsp3) is 0. The van der Waals surface area contributed by atoms with Gasteiger partial charge in [-0.05, 0) is 58.4 Å². The maximum atomic E-state index is 10.2. The maximum Gasteiger partial charge on any atom is 0.228 e. The summed E-state index contributed by atoms with van der Waals surface area (Å²) in [5, 5.41) is 10.7. The topological polar surface area (TPSA) is 58.6 Å².